The zero-order valence-electron chi connectivity index (χ0n) is 15.6. The van der Waals surface area contributed by atoms with E-state index in [1.165, 1.54) is 0 Å². The molecule has 1 aromatic rings. The molecular formula is C20H30N2O3. The van der Waals surface area contributed by atoms with Gasteiger partial charge in [0.2, 0.25) is 5.91 Å². The molecule has 138 valence electrons. The van der Waals surface area contributed by atoms with Gasteiger partial charge in [-0.15, -0.1) is 0 Å². The van der Waals surface area contributed by atoms with Crippen LogP contribution in [0.1, 0.15) is 55.5 Å². The summed E-state index contributed by atoms with van der Waals surface area (Å²) in [7, 11) is 1.64. The van der Waals surface area contributed by atoms with Crippen LogP contribution < -0.4 is 5.32 Å². The highest BCUT2D eigenvalue weighted by atomic mass is 16.5. The molecule has 2 amide bonds. The predicted octanol–water partition coefficient (Wildman–Crippen LogP) is 2.99. The Bertz CT molecular complexity index is 588. The van der Waals surface area contributed by atoms with E-state index in [1.807, 2.05) is 29.2 Å². The lowest BCUT2D eigenvalue weighted by Gasteiger charge is -2.37. The third-order valence-electron chi connectivity index (χ3n) is 4.83. The summed E-state index contributed by atoms with van der Waals surface area (Å²) in [5.41, 5.74) is 1.64. The zero-order valence-corrected chi connectivity index (χ0v) is 15.6. The summed E-state index contributed by atoms with van der Waals surface area (Å²) < 4.78 is 5.15. The Morgan fingerprint density at radius 2 is 2.12 bits per heavy atom. The first-order valence-corrected chi connectivity index (χ1v) is 9.23. The molecule has 0 radical (unpaired) electrons. The van der Waals surface area contributed by atoms with Gasteiger partial charge in [0.25, 0.3) is 5.91 Å². The Kier molecular flexibility index (Phi) is 7.44. The second-order valence-electron chi connectivity index (χ2n) is 6.86. The van der Waals surface area contributed by atoms with E-state index in [0.717, 1.165) is 31.2 Å². The highest BCUT2D eigenvalue weighted by Crippen LogP contribution is 2.24. The molecule has 2 rings (SSSR count). The molecule has 5 heteroatoms. The number of amides is 2. The van der Waals surface area contributed by atoms with E-state index in [9.17, 15) is 9.59 Å². The molecule has 0 unspecified atom stereocenters. The number of rotatable bonds is 7. The quantitative estimate of drug-likeness (QED) is 0.772. The van der Waals surface area contributed by atoms with Crippen molar-refractivity contribution in [3.8, 4) is 0 Å². The number of carbonyl (C=O) groups is 2. The number of likely N-dealkylation sites (tertiary alicyclic amines) is 1. The van der Waals surface area contributed by atoms with Crippen LogP contribution in [-0.2, 0) is 16.1 Å². The van der Waals surface area contributed by atoms with E-state index in [2.05, 4.69) is 19.2 Å². The molecule has 1 N–H and O–H groups in total. The maximum atomic E-state index is 12.9. The van der Waals surface area contributed by atoms with Gasteiger partial charge in [-0.1, -0.05) is 25.5 Å². The highest BCUT2D eigenvalue weighted by molar-refractivity contribution is 5.95. The summed E-state index contributed by atoms with van der Waals surface area (Å²) in [6, 6.07) is 7.69. The van der Waals surface area contributed by atoms with Gasteiger partial charge in [0.05, 0.1) is 12.5 Å². The Balaban J connectivity index is 2.04. The van der Waals surface area contributed by atoms with Gasteiger partial charge in [-0.3, -0.25) is 9.59 Å². The lowest BCUT2D eigenvalue weighted by Crippen LogP contribution is -2.49. The number of unbranched alkanes of at least 4 members (excludes halogenated alkanes) is 1. The molecule has 0 saturated carbocycles. The molecule has 0 bridgehead atoms. The van der Waals surface area contributed by atoms with Crippen LogP contribution in [-0.4, -0.2) is 43.0 Å². The van der Waals surface area contributed by atoms with E-state index in [4.69, 9.17) is 4.74 Å². The highest BCUT2D eigenvalue weighted by Gasteiger charge is 2.32. The van der Waals surface area contributed by atoms with Crippen LogP contribution in [0.5, 0.6) is 0 Å². The fourth-order valence-corrected chi connectivity index (χ4v) is 3.26. The van der Waals surface area contributed by atoms with Crippen LogP contribution in [0, 0.1) is 5.92 Å². The first-order valence-electron chi connectivity index (χ1n) is 9.23. The maximum Gasteiger partial charge on any atom is 0.254 e. The smallest absolute Gasteiger partial charge is 0.254 e. The number of piperidine rings is 1. The van der Waals surface area contributed by atoms with Crippen LogP contribution in [0.15, 0.2) is 24.3 Å². The molecule has 0 aliphatic carbocycles. The number of benzene rings is 1. The second kappa shape index (κ2) is 9.56. The summed E-state index contributed by atoms with van der Waals surface area (Å²) in [6.45, 7) is 5.86. The minimum Gasteiger partial charge on any atom is -0.380 e. The lowest BCUT2D eigenvalue weighted by atomic mass is 9.92. The average Bonchev–Trinajstić information content (AvgIpc) is 2.62. The van der Waals surface area contributed by atoms with E-state index < -0.39 is 0 Å². The molecule has 1 aliphatic rings. The van der Waals surface area contributed by atoms with Crippen molar-refractivity contribution >= 4 is 11.8 Å². The Morgan fingerprint density at radius 1 is 1.32 bits per heavy atom. The van der Waals surface area contributed by atoms with Gasteiger partial charge in [0, 0.05) is 31.8 Å². The van der Waals surface area contributed by atoms with Gasteiger partial charge in [0.15, 0.2) is 0 Å². The fraction of sp³-hybridized carbons (Fsp3) is 0.600. The second-order valence-corrected chi connectivity index (χ2v) is 6.86. The SMILES string of the molecule is CCCCNC(=O)[C@@H]1CC[C@H](C)N(C(=O)c2cccc(COC)c2)C1. The van der Waals surface area contributed by atoms with E-state index in [1.54, 1.807) is 7.11 Å². The monoisotopic (exact) mass is 346 g/mol. The molecule has 1 heterocycles. The molecule has 1 saturated heterocycles. The zero-order chi connectivity index (χ0) is 18.2. The molecule has 0 aromatic heterocycles. The normalized spacial score (nSPS) is 20.4. The van der Waals surface area contributed by atoms with Gasteiger partial charge < -0.3 is 15.0 Å². The van der Waals surface area contributed by atoms with Crippen LogP contribution in [0.3, 0.4) is 0 Å². The Hall–Kier alpha value is -1.88. The topological polar surface area (TPSA) is 58.6 Å². The molecule has 25 heavy (non-hydrogen) atoms. The summed E-state index contributed by atoms with van der Waals surface area (Å²) in [6.07, 6.45) is 3.75. The van der Waals surface area contributed by atoms with Crippen molar-refractivity contribution in [3.05, 3.63) is 35.4 Å². The largest absolute Gasteiger partial charge is 0.380 e. The summed E-state index contributed by atoms with van der Waals surface area (Å²) >= 11 is 0. The standard InChI is InChI=1S/C20H30N2O3/c1-4-5-11-21-19(23)18-10-9-15(2)22(13-18)20(24)17-8-6-7-16(12-17)14-25-3/h6-8,12,15,18H,4-5,9-11,13-14H2,1-3H3,(H,21,23)/t15-,18+/m0/s1. The van der Waals surface area contributed by atoms with Gasteiger partial charge in [-0.2, -0.15) is 0 Å². The summed E-state index contributed by atoms with van der Waals surface area (Å²) in [5.74, 6) is -0.0399. The molecule has 1 aliphatic heterocycles. The summed E-state index contributed by atoms with van der Waals surface area (Å²) in [5, 5.41) is 3.00. The summed E-state index contributed by atoms with van der Waals surface area (Å²) in [4.78, 5) is 27.2. The number of ether oxygens (including phenoxy) is 1. The van der Waals surface area contributed by atoms with Crippen LogP contribution >= 0.6 is 0 Å². The number of methoxy groups -OCH3 is 1. The van der Waals surface area contributed by atoms with Gasteiger partial charge in [-0.25, -0.2) is 0 Å². The predicted molar refractivity (Wildman–Crippen MR) is 98.3 cm³/mol. The Labute approximate surface area is 150 Å². The number of carbonyl (C=O) groups excluding carboxylic acids is 2. The fourth-order valence-electron chi connectivity index (χ4n) is 3.26. The minimum atomic E-state index is -0.112. The third kappa shape index (κ3) is 5.30. The van der Waals surface area contributed by atoms with E-state index in [-0.39, 0.29) is 23.8 Å². The average molecular weight is 346 g/mol. The van der Waals surface area contributed by atoms with Crippen molar-refractivity contribution in [3.63, 3.8) is 0 Å². The number of nitrogens with one attached hydrogen (secondary N) is 1. The lowest BCUT2D eigenvalue weighted by molar-refractivity contribution is -0.126. The van der Waals surface area contributed by atoms with Crippen LogP contribution in [0.4, 0.5) is 0 Å². The Morgan fingerprint density at radius 3 is 2.84 bits per heavy atom. The number of hydrogen-bond acceptors (Lipinski definition) is 3. The van der Waals surface area contributed by atoms with Gasteiger partial charge in [-0.05, 0) is 43.9 Å². The van der Waals surface area contributed by atoms with Crippen molar-refractivity contribution in [2.45, 2.75) is 52.2 Å². The molecular weight excluding hydrogens is 316 g/mol. The molecule has 2 atom stereocenters. The minimum absolute atomic E-state index is 0.00323. The van der Waals surface area contributed by atoms with Crippen LogP contribution in [0.2, 0.25) is 0 Å². The molecule has 1 aromatic carbocycles. The van der Waals surface area contributed by atoms with Crippen LogP contribution in [0.25, 0.3) is 0 Å². The first kappa shape index (κ1) is 19.4. The van der Waals surface area contributed by atoms with Crippen molar-refractivity contribution in [1.82, 2.24) is 10.2 Å². The van der Waals surface area contributed by atoms with Gasteiger partial charge in [0.1, 0.15) is 0 Å². The van der Waals surface area contributed by atoms with E-state index >= 15 is 0 Å². The number of nitrogens with zero attached hydrogens (tertiary/aromatic N) is 1. The van der Waals surface area contributed by atoms with E-state index in [0.29, 0.717) is 25.3 Å². The van der Waals surface area contributed by atoms with Gasteiger partial charge >= 0.3 is 0 Å². The first-order chi connectivity index (χ1) is 12.1. The molecule has 0 spiro atoms. The number of hydrogen-bond donors (Lipinski definition) is 1. The molecule has 1 fully saturated rings. The van der Waals surface area contributed by atoms with Crippen molar-refractivity contribution < 1.29 is 14.3 Å². The maximum absolute atomic E-state index is 12.9. The van der Waals surface area contributed by atoms with Crippen molar-refractivity contribution in [1.29, 1.82) is 0 Å². The van der Waals surface area contributed by atoms with Crippen molar-refractivity contribution in [2.24, 2.45) is 5.92 Å². The molecule has 5 nitrogen and oxygen atoms in total. The van der Waals surface area contributed by atoms with Crippen molar-refractivity contribution in [2.75, 3.05) is 20.2 Å². The third-order valence-corrected chi connectivity index (χ3v) is 4.83.